The number of benzene rings is 1. The summed E-state index contributed by atoms with van der Waals surface area (Å²) in [4.78, 5) is 18.5. The maximum atomic E-state index is 4.97. The predicted molar refractivity (Wildman–Crippen MR) is 147 cm³/mol. The molecular weight excluding hydrogens is 525 g/mol. The number of aromatic nitrogens is 2. The summed E-state index contributed by atoms with van der Waals surface area (Å²) in [5, 5.41) is 6.97. The fraction of sp³-hybridized carbons (Fsp3) is 0.560. The summed E-state index contributed by atoms with van der Waals surface area (Å²) in [5.74, 6) is 1.79. The second-order valence-electron chi connectivity index (χ2n) is 8.85. The Morgan fingerprint density at radius 3 is 2.36 bits per heavy atom. The molecule has 1 aromatic carbocycles. The van der Waals surface area contributed by atoms with Crippen molar-refractivity contribution < 1.29 is 0 Å². The van der Waals surface area contributed by atoms with Gasteiger partial charge in [-0.3, -0.25) is 9.89 Å². The number of rotatable bonds is 9. The van der Waals surface area contributed by atoms with Crippen molar-refractivity contribution in [3.05, 3.63) is 54.4 Å². The summed E-state index contributed by atoms with van der Waals surface area (Å²) in [6, 6.07) is 12.8. The molecule has 4 rings (SSSR count). The number of guanidine groups is 1. The van der Waals surface area contributed by atoms with E-state index in [1.54, 1.807) is 0 Å². The summed E-state index contributed by atoms with van der Waals surface area (Å²) >= 11 is 0. The summed E-state index contributed by atoms with van der Waals surface area (Å²) in [6.07, 6.45) is 8.51. The van der Waals surface area contributed by atoms with Gasteiger partial charge in [0.25, 0.3) is 0 Å². The molecule has 2 heterocycles. The van der Waals surface area contributed by atoms with Crippen LogP contribution in [0.4, 0.5) is 5.95 Å². The maximum absolute atomic E-state index is 4.97. The molecule has 0 spiro atoms. The van der Waals surface area contributed by atoms with Crippen LogP contribution in [0.3, 0.4) is 0 Å². The van der Waals surface area contributed by atoms with E-state index >= 15 is 0 Å². The number of halogens is 1. The molecule has 1 aliphatic heterocycles. The van der Waals surface area contributed by atoms with Crippen LogP contribution >= 0.6 is 24.0 Å². The van der Waals surface area contributed by atoms with E-state index in [1.165, 1.54) is 24.8 Å². The smallest absolute Gasteiger partial charge is 0.225 e. The highest BCUT2D eigenvalue weighted by Gasteiger charge is 2.38. The molecule has 0 radical (unpaired) electrons. The van der Waals surface area contributed by atoms with Crippen LogP contribution in [-0.4, -0.2) is 73.2 Å². The first-order valence-corrected chi connectivity index (χ1v) is 12.1. The molecule has 2 fully saturated rings. The van der Waals surface area contributed by atoms with E-state index in [2.05, 4.69) is 67.7 Å². The average molecular weight is 564 g/mol. The van der Waals surface area contributed by atoms with Gasteiger partial charge in [0.2, 0.25) is 5.95 Å². The van der Waals surface area contributed by atoms with Crippen LogP contribution < -0.4 is 15.5 Å². The third kappa shape index (κ3) is 7.02. The van der Waals surface area contributed by atoms with Crippen molar-refractivity contribution in [2.45, 2.75) is 38.0 Å². The first-order chi connectivity index (χ1) is 15.8. The first-order valence-electron chi connectivity index (χ1n) is 12.1. The molecule has 1 aliphatic carbocycles. The molecule has 0 atom stereocenters. The number of hydrogen-bond donors (Lipinski definition) is 2. The lowest BCUT2D eigenvalue weighted by molar-refractivity contribution is 0.252. The largest absolute Gasteiger partial charge is 0.357 e. The summed E-state index contributed by atoms with van der Waals surface area (Å²) < 4.78 is 0. The van der Waals surface area contributed by atoms with Gasteiger partial charge in [0.1, 0.15) is 0 Å². The Morgan fingerprint density at radius 2 is 1.73 bits per heavy atom. The fourth-order valence-corrected chi connectivity index (χ4v) is 4.64. The Kier molecular flexibility index (Phi) is 10.2. The monoisotopic (exact) mass is 563 g/mol. The topological polar surface area (TPSA) is 68.7 Å². The zero-order valence-corrected chi connectivity index (χ0v) is 22.1. The van der Waals surface area contributed by atoms with Crippen LogP contribution in [0.1, 0.15) is 38.2 Å². The van der Waals surface area contributed by atoms with Crippen molar-refractivity contribution in [2.24, 2.45) is 4.99 Å². The molecule has 7 nitrogen and oxygen atoms in total. The van der Waals surface area contributed by atoms with Gasteiger partial charge in [0, 0.05) is 57.1 Å². The molecule has 1 saturated heterocycles. The van der Waals surface area contributed by atoms with E-state index in [9.17, 15) is 0 Å². The molecule has 1 saturated carbocycles. The highest BCUT2D eigenvalue weighted by atomic mass is 127. The van der Waals surface area contributed by atoms with Crippen LogP contribution in [0.2, 0.25) is 0 Å². The van der Waals surface area contributed by atoms with Crippen molar-refractivity contribution in [1.82, 2.24) is 25.5 Å². The molecule has 0 amide bonds. The van der Waals surface area contributed by atoms with E-state index in [1.807, 2.05) is 18.5 Å². The predicted octanol–water partition coefficient (Wildman–Crippen LogP) is 3.28. The van der Waals surface area contributed by atoms with Crippen molar-refractivity contribution in [3.63, 3.8) is 0 Å². The number of nitrogens with one attached hydrogen (secondary N) is 2. The average Bonchev–Trinajstić information content (AvgIpc) is 2.82. The summed E-state index contributed by atoms with van der Waals surface area (Å²) in [5.41, 5.74) is 1.66. The Bertz CT molecular complexity index is 834. The van der Waals surface area contributed by atoms with Gasteiger partial charge in [-0.2, -0.15) is 0 Å². The molecule has 1 aromatic heterocycles. The van der Waals surface area contributed by atoms with Crippen molar-refractivity contribution >= 4 is 35.9 Å². The van der Waals surface area contributed by atoms with Gasteiger partial charge in [-0.05, 0) is 44.4 Å². The highest BCUT2D eigenvalue weighted by Crippen LogP contribution is 2.43. The normalized spacial score (nSPS) is 18.2. The summed E-state index contributed by atoms with van der Waals surface area (Å²) in [7, 11) is 0. The van der Waals surface area contributed by atoms with Gasteiger partial charge in [-0.25, -0.2) is 9.97 Å². The van der Waals surface area contributed by atoms with Crippen molar-refractivity contribution in [2.75, 3.05) is 57.3 Å². The molecule has 180 valence electrons. The molecule has 8 heteroatoms. The quantitative estimate of drug-likeness (QED) is 0.211. The highest BCUT2D eigenvalue weighted by molar-refractivity contribution is 14.0. The molecule has 2 N–H and O–H groups in total. The first kappa shape index (κ1) is 25.7. The van der Waals surface area contributed by atoms with Crippen LogP contribution in [0, 0.1) is 0 Å². The molecule has 0 bridgehead atoms. The molecule has 2 aromatic rings. The number of hydrogen-bond acceptors (Lipinski definition) is 5. The van der Waals surface area contributed by atoms with Gasteiger partial charge in [0.15, 0.2) is 5.96 Å². The van der Waals surface area contributed by atoms with Gasteiger partial charge in [0.05, 0.1) is 6.54 Å². The van der Waals surface area contributed by atoms with Crippen molar-refractivity contribution in [1.29, 1.82) is 0 Å². The Labute approximate surface area is 215 Å². The maximum Gasteiger partial charge on any atom is 0.225 e. The third-order valence-electron chi connectivity index (χ3n) is 6.73. The zero-order chi connectivity index (χ0) is 22.1. The lowest BCUT2D eigenvalue weighted by Gasteiger charge is -2.41. The Morgan fingerprint density at radius 1 is 1.00 bits per heavy atom. The number of piperazine rings is 1. The van der Waals surface area contributed by atoms with Crippen LogP contribution in [0.25, 0.3) is 0 Å². The lowest BCUT2D eigenvalue weighted by Crippen LogP contribution is -2.47. The fourth-order valence-electron chi connectivity index (χ4n) is 4.64. The second kappa shape index (κ2) is 13.1. The van der Waals surface area contributed by atoms with Crippen molar-refractivity contribution in [3.8, 4) is 0 Å². The second-order valence-corrected chi connectivity index (χ2v) is 8.85. The van der Waals surface area contributed by atoms with Crippen LogP contribution in [0.15, 0.2) is 53.8 Å². The third-order valence-corrected chi connectivity index (χ3v) is 6.73. The van der Waals surface area contributed by atoms with Gasteiger partial charge in [-0.1, -0.05) is 36.8 Å². The van der Waals surface area contributed by atoms with E-state index in [-0.39, 0.29) is 29.4 Å². The molecular formula is C25H38IN7. The van der Waals surface area contributed by atoms with E-state index in [0.717, 1.165) is 70.7 Å². The summed E-state index contributed by atoms with van der Waals surface area (Å²) in [6.45, 7) is 10.0. The molecule has 0 unspecified atom stereocenters. The van der Waals surface area contributed by atoms with Crippen LogP contribution in [-0.2, 0) is 5.41 Å². The Hall–Kier alpha value is -1.94. The minimum absolute atomic E-state index is 0. The minimum atomic E-state index is 0. The minimum Gasteiger partial charge on any atom is -0.357 e. The standard InChI is InChI=1S/C25H37N7.HI/c1-2-26-23(30-21-25(11-6-12-25)22-9-4-3-5-10-22)27-15-8-16-31-17-19-32(20-18-31)24-28-13-7-14-29-24;/h3-5,7,9-10,13-14H,2,6,8,11-12,15-21H2,1H3,(H2,26,27,30);1H. The number of aliphatic imine (C=N–C) groups is 1. The number of anilines is 1. The van der Waals surface area contributed by atoms with Crippen LogP contribution in [0.5, 0.6) is 0 Å². The lowest BCUT2D eigenvalue weighted by atomic mass is 9.64. The van der Waals surface area contributed by atoms with Gasteiger partial charge >= 0.3 is 0 Å². The SMILES string of the molecule is CCNC(=NCC1(c2ccccc2)CCC1)NCCCN1CCN(c2ncccn2)CC1.I. The van der Waals surface area contributed by atoms with Gasteiger partial charge in [-0.15, -0.1) is 24.0 Å². The molecule has 2 aliphatic rings. The van der Waals surface area contributed by atoms with Gasteiger partial charge < -0.3 is 15.5 Å². The Balaban J connectivity index is 0.00000306. The van der Waals surface area contributed by atoms with E-state index < -0.39 is 0 Å². The molecule has 33 heavy (non-hydrogen) atoms. The van der Waals surface area contributed by atoms with E-state index in [0.29, 0.717) is 0 Å². The van der Waals surface area contributed by atoms with E-state index in [4.69, 9.17) is 4.99 Å². The number of nitrogens with zero attached hydrogens (tertiary/aromatic N) is 5. The zero-order valence-electron chi connectivity index (χ0n) is 19.7.